The van der Waals surface area contributed by atoms with Crippen molar-refractivity contribution in [2.24, 2.45) is 17.3 Å². The van der Waals surface area contributed by atoms with Gasteiger partial charge in [-0.05, 0) is 38.5 Å². The highest BCUT2D eigenvalue weighted by Gasteiger charge is 2.59. The van der Waals surface area contributed by atoms with Gasteiger partial charge in [-0.25, -0.2) is 0 Å². The van der Waals surface area contributed by atoms with Crippen LogP contribution in [0.15, 0.2) is 0 Å². The number of carbonyl (C=O) groups excluding carboxylic acids is 1. The fraction of sp³-hybridized carbons (Fsp3) is 0.929. The third kappa shape index (κ3) is 1.70. The van der Waals surface area contributed by atoms with E-state index in [0.717, 1.165) is 19.4 Å². The van der Waals surface area contributed by atoms with Gasteiger partial charge in [0.1, 0.15) is 0 Å². The van der Waals surface area contributed by atoms with E-state index in [1.165, 1.54) is 19.3 Å². The Morgan fingerprint density at radius 3 is 2.59 bits per heavy atom. The first-order valence-corrected chi connectivity index (χ1v) is 7.09. The summed E-state index contributed by atoms with van der Waals surface area (Å²) in [6.07, 6.45) is 6.30. The number of carbonyl (C=O) groups is 1. The summed E-state index contributed by atoms with van der Waals surface area (Å²) < 4.78 is 5.79. The molecule has 3 nitrogen and oxygen atoms in total. The molecule has 0 aromatic heterocycles. The molecule has 0 radical (unpaired) electrons. The van der Waals surface area contributed by atoms with Gasteiger partial charge in [0, 0.05) is 24.0 Å². The lowest BCUT2D eigenvalue weighted by Crippen LogP contribution is -2.67. The van der Waals surface area contributed by atoms with Crippen molar-refractivity contribution in [2.45, 2.75) is 58.1 Å². The van der Waals surface area contributed by atoms with E-state index in [1.807, 2.05) is 0 Å². The second-order valence-electron chi connectivity index (χ2n) is 6.15. The van der Waals surface area contributed by atoms with Crippen LogP contribution in [0, 0.1) is 17.3 Å². The molecular formula is C14H23NO2. The summed E-state index contributed by atoms with van der Waals surface area (Å²) in [6.45, 7) is 5.02. The Balaban J connectivity index is 1.56. The van der Waals surface area contributed by atoms with Gasteiger partial charge >= 0.3 is 0 Å². The number of ether oxygens (including phenoxy) is 1. The van der Waals surface area contributed by atoms with Crippen molar-refractivity contribution in [2.75, 3.05) is 6.61 Å². The Hall–Kier alpha value is -0.570. The summed E-state index contributed by atoms with van der Waals surface area (Å²) in [7, 11) is 0. The van der Waals surface area contributed by atoms with Gasteiger partial charge < -0.3 is 10.1 Å². The molecule has 0 saturated heterocycles. The van der Waals surface area contributed by atoms with Crippen LogP contribution in [0.3, 0.4) is 0 Å². The van der Waals surface area contributed by atoms with E-state index in [0.29, 0.717) is 35.3 Å². The quantitative estimate of drug-likeness (QED) is 0.813. The predicted molar refractivity (Wildman–Crippen MR) is 65.5 cm³/mol. The lowest BCUT2D eigenvalue weighted by molar-refractivity contribution is -0.176. The van der Waals surface area contributed by atoms with Crippen LogP contribution in [0.4, 0.5) is 0 Å². The average Bonchev–Trinajstić information content (AvgIpc) is 2.91. The number of nitrogens with one attached hydrogen (secondary N) is 1. The van der Waals surface area contributed by atoms with Crippen molar-refractivity contribution >= 4 is 5.91 Å². The maximum absolute atomic E-state index is 12.0. The molecule has 0 aliphatic heterocycles. The Bertz CT molecular complexity index is 324. The molecule has 0 aromatic rings. The number of amides is 1. The van der Waals surface area contributed by atoms with Crippen molar-refractivity contribution in [3.8, 4) is 0 Å². The minimum absolute atomic E-state index is 0.295. The van der Waals surface area contributed by atoms with Gasteiger partial charge in [0.2, 0.25) is 5.91 Å². The molecule has 3 fully saturated rings. The normalized spacial score (nSPS) is 41.5. The summed E-state index contributed by atoms with van der Waals surface area (Å²) in [4.78, 5) is 12.0. The molecule has 1 spiro atoms. The molecule has 0 bridgehead atoms. The molecule has 96 valence electrons. The molecule has 3 heteroatoms. The Labute approximate surface area is 103 Å². The van der Waals surface area contributed by atoms with E-state index in [4.69, 9.17) is 4.74 Å². The standard InChI is InChI=1S/C14H23NO2/c1-3-17-12-8-11(14(12)5-4-6-14)15-13(16)10-7-9(10)2/h9-12H,3-8H2,1-2H3,(H,15,16)/t9-,10+,11-,12+/m0/s1. The summed E-state index contributed by atoms with van der Waals surface area (Å²) >= 11 is 0. The van der Waals surface area contributed by atoms with Crippen molar-refractivity contribution < 1.29 is 9.53 Å². The molecule has 1 N–H and O–H groups in total. The molecule has 0 unspecified atom stereocenters. The van der Waals surface area contributed by atoms with Crippen LogP contribution in [0.2, 0.25) is 0 Å². The zero-order chi connectivity index (χ0) is 12.0. The van der Waals surface area contributed by atoms with Crippen molar-refractivity contribution in [1.82, 2.24) is 5.32 Å². The lowest BCUT2D eigenvalue weighted by Gasteiger charge is -2.61. The van der Waals surface area contributed by atoms with Gasteiger partial charge in [-0.1, -0.05) is 13.3 Å². The summed E-state index contributed by atoms with van der Waals surface area (Å²) in [6, 6.07) is 0.396. The Kier molecular flexibility index (Phi) is 2.69. The number of hydrogen-bond donors (Lipinski definition) is 1. The monoisotopic (exact) mass is 237 g/mol. The topological polar surface area (TPSA) is 38.3 Å². The molecule has 3 aliphatic rings. The highest BCUT2D eigenvalue weighted by molar-refractivity contribution is 5.82. The Morgan fingerprint density at radius 2 is 2.12 bits per heavy atom. The van der Waals surface area contributed by atoms with E-state index in [1.54, 1.807) is 0 Å². The highest BCUT2D eigenvalue weighted by atomic mass is 16.5. The maximum Gasteiger partial charge on any atom is 0.223 e. The van der Waals surface area contributed by atoms with E-state index in [9.17, 15) is 4.79 Å². The van der Waals surface area contributed by atoms with Crippen LogP contribution in [0.1, 0.15) is 46.0 Å². The fourth-order valence-electron chi connectivity index (χ4n) is 3.61. The second kappa shape index (κ2) is 3.98. The van der Waals surface area contributed by atoms with Crippen molar-refractivity contribution in [3.63, 3.8) is 0 Å². The number of rotatable bonds is 4. The molecule has 0 heterocycles. The average molecular weight is 237 g/mol. The van der Waals surface area contributed by atoms with E-state index >= 15 is 0 Å². The molecule has 3 saturated carbocycles. The molecule has 4 atom stereocenters. The van der Waals surface area contributed by atoms with Crippen molar-refractivity contribution in [1.29, 1.82) is 0 Å². The van der Waals surface area contributed by atoms with E-state index in [2.05, 4.69) is 19.2 Å². The second-order valence-corrected chi connectivity index (χ2v) is 6.15. The van der Waals surface area contributed by atoms with Crippen LogP contribution >= 0.6 is 0 Å². The van der Waals surface area contributed by atoms with E-state index in [-0.39, 0.29) is 0 Å². The van der Waals surface area contributed by atoms with E-state index < -0.39 is 0 Å². The largest absolute Gasteiger partial charge is 0.378 e. The van der Waals surface area contributed by atoms with Gasteiger partial charge in [0.25, 0.3) is 0 Å². The fourth-order valence-corrected chi connectivity index (χ4v) is 3.61. The minimum Gasteiger partial charge on any atom is -0.378 e. The summed E-state index contributed by atoms with van der Waals surface area (Å²) in [5.74, 6) is 1.21. The molecule has 3 aliphatic carbocycles. The first-order chi connectivity index (χ1) is 8.17. The van der Waals surface area contributed by atoms with Gasteiger partial charge in [0.05, 0.1) is 6.10 Å². The van der Waals surface area contributed by atoms with Crippen LogP contribution in [-0.2, 0) is 9.53 Å². The van der Waals surface area contributed by atoms with Crippen LogP contribution < -0.4 is 5.32 Å². The van der Waals surface area contributed by atoms with Gasteiger partial charge in [-0.3, -0.25) is 4.79 Å². The molecule has 0 aromatic carbocycles. The van der Waals surface area contributed by atoms with Gasteiger partial charge in [-0.2, -0.15) is 0 Å². The molecule has 1 amide bonds. The number of hydrogen-bond acceptors (Lipinski definition) is 2. The first kappa shape index (κ1) is 11.5. The lowest BCUT2D eigenvalue weighted by atomic mass is 9.51. The first-order valence-electron chi connectivity index (χ1n) is 7.09. The smallest absolute Gasteiger partial charge is 0.223 e. The SMILES string of the molecule is CCO[C@@H]1C[C@H](NC(=O)[C@@H]2C[C@@H]2C)C12CCC2. The highest BCUT2D eigenvalue weighted by Crippen LogP contribution is 2.57. The van der Waals surface area contributed by atoms with Gasteiger partial charge in [0.15, 0.2) is 0 Å². The minimum atomic E-state index is 0.295. The third-order valence-electron chi connectivity index (χ3n) is 5.20. The molecule has 3 rings (SSSR count). The molecular weight excluding hydrogens is 214 g/mol. The maximum atomic E-state index is 12.0. The predicted octanol–water partition coefficient (Wildman–Crippen LogP) is 2.11. The zero-order valence-electron chi connectivity index (χ0n) is 10.9. The van der Waals surface area contributed by atoms with Gasteiger partial charge in [-0.15, -0.1) is 0 Å². The Morgan fingerprint density at radius 1 is 1.41 bits per heavy atom. The van der Waals surface area contributed by atoms with Crippen LogP contribution in [-0.4, -0.2) is 24.7 Å². The van der Waals surface area contributed by atoms with Crippen LogP contribution in [0.5, 0.6) is 0 Å². The van der Waals surface area contributed by atoms with Crippen LogP contribution in [0.25, 0.3) is 0 Å². The zero-order valence-corrected chi connectivity index (χ0v) is 10.9. The molecule has 17 heavy (non-hydrogen) atoms. The van der Waals surface area contributed by atoms with Crippen molar-refractivity contribution in [3.05, 3.63) is 0 Å². The summed E-state index contributed by atoms with van der Waals surface area (Å²) in [5, 5.41) is 3.27. The summed E-state index contributed by atoms with van der Waals surface area (Å²) in [5.41, 5.74) is 0.309. The third-order valence-corrected chi connectivity index (χ3v) is 5.20.